The monoisotopic (exact) mass is 341 g/mol. The first-order chi connectivity index (χ1) is 12.2. The molecule has 0 saturated heterocycles. The average molecular weight is 341 g/mol. The minimum absolute atomic E-state index is 0.505. The fourth-order valence-corrected chi connectivity index (χ4v) is 2.51. The Labute approximate surface area is 152 Å². The number of rotatable bonds is 11. The van der Waals surface area contributed by atoms with Crippen LogP contribution in [-0.2, 0) is 6.54 Å². The molecule has 0 aliphatic rings. The smallest absolute Gasteiger partial charge is 0.142 e. The molecule has 0 bridgehead atoms. The van der Waals surface area contributed by atoms with Crippen molar-refractivity contribution in [2.45, 2.75) is 46.6 Å². The van der Waals surface area contributed by atoms with E-state index in [-0.39, 0.29) is 0 Å². The molecule has 0 amide bonds. The van der Waals surface area contributed by atoms with E-state index in [4.69, 9.17) is 9.47 Å². The molecule has 0 atom stereocenters. The van der Waals surface area contributed by atoms with Gasteiger partial charge >= 0.3 is 0 Å². The van der Waals surface area contributed by atoms with Crippen LogP contribution in [0.2, 0.25) is 0 Å². The number of ether oxygens (including phenoxy) is 2. The number of benzene rings is 2. The van der Waals surface area contributed by atoms with Gasteiger partial charge in [-0.3, -0.25) is 0 Å². The minimum Gasteiger partial charge on any atom is -0.493 e. The molecule has 1 N–H and O–H groups in total. The molecule has 0 fully saturated rings. The molecular formula is C22H31NO2. The zero-order chi connectivity index (χ0) is 17.9. The SMILES string of the molecule is CCCCCOc1ccccc1CNc1ccccc1OCC(C)C. The average Bonchev–Trinajstić information content (AvgIpc) is 2.63. The van der Waals surface area contributed by atoms with E-state index in [0.717, 1.165) is 42.4 Å². The summed E-state index contributed by atoms with van der Waals surface area (Å²) in [7, 11) is 0. The second kappa shape index (κ2) is 10.7. The molecule has 0 saturated carbocycles. The van der Waals surface area contributed by atoms with Crippen molar-refractivity contribution in [2.75, 3.05) is 18.5 Å². The number of hydrogen-bond donors (Lipinski definition) is 1. The van der Waals surface area contributed by atoms with Crippen LogP contribution in [0.5, 0.6) is 11.5 Å². The molecule has 0 heterocycles. The molecule has 3 nitrogen and oxygen atoms in total. The van der Waals surface area contributed by atoms with Crippen molar-refractivity contribution in [1.82, 2.24) is 0 Å². The van der Waals surface area contributed by atoms with Crippen LogP contribution < -0.4 is 14.8 Å². The Morgan fingerprint density at radius 3 is 2.36 bits per heavy atom. The Morgan fingerprint density at radius 2 is 1.60 bits per heavy atom. The molecular weight excluding hydrogens is 310 g/mol. The lowest BCUT2D eigenvalue weighted by Gasteiger charge is -2.16. The molecule has 136 valence electrons. The summed E-state index contributed by atoms with van der Waals surface area (Å²) in [6.45, 7) is 8.72. The summed E-state index contributed by atoms with van der Waals surface area (Å²) in [5.41, 5.74) is 2.18. The zero-order valence-corrected chi connectivity index (χ0v) is 15.8. The summed E-state index contributed by atoms with van der Waals surface area (Å²) >= 11 is 0. The molecule has 0 unspecified atom stereocenters. The van der Waals surface area contributed by atoms with Gasteiger partial charge in [0.05, 0.1) is 18.9 Å². The zero-order valence-electron chi connectivity index (χ0n) is 15.8. The summed E-state index contributed by atoms with van der Waals surface area (Å²) in [5, 5.41) is 3.49. The minimum atomic E-state index is 0.505. The van der Waals surface area contributed by atoms with Gasteiger partial charge < -0.3 is 14.8 Å². The van der Waals surface area contributed by atoms with E-state index in [0.29, 0.717) is 12.5 Å². The Hall–Kier alpha value is -2.16. The molecule has 0 aliphatic heterocycles. The van der Waals surface area contributed by atoms with Gasteiger partial charge in [0.25, 0.3) is 0 Å². The van der Waals surface area contributed by atoms with Crippen LogP contribution in [0.15, 0.2) is 48.5 Å². The lowest BCUT2D eigenvalue weighted by atomic mass is 10.2. The third-order valence-corrected chi connectivity index (χ3v) is 3.91. The van der Waals surface area contributed by atoms with E-state index in [9.17, 15) is 0 Å². The standard InChI is InChI=1S/C22H31NO2/c1-4-5-10-15-24-21-13-8-6-11-19(21)16-23-20-12-7-9-14-22(20)25-17-18(2)3/h6-9,11-14,18,23H,4-5,10,15-17H2,1-3H3. The van der Waals surface area contributed by atoms with Crippen molar-refractivity contribution in [3.8, 4) is 11.5 Å². The maximum absolute atomic E-state index is 5.97. The quantitative estimate of drug-likeness (QED) is 0.516. The Balaban J connectivity index is 1.97. The van der Waals surface area contributed by atoms with Crippen LogP contribution in [-0.4, -0.2) is 13.2 Å². The highest BCUT2D eigenvalue weighted by atomic mass is 16.5. The fraction of sp³-hybridized carbons (Fsp3) is 0.455. The number of para-hydroxylation sites is 3. The van der Waals surface area contributed by atoms with E-state index in [1.165, 1.54) is 12.8 Å². The van der Waals surface area contributed by atoms with Crippen molar-refractivity contribution in [2.24, 2.45) is 5.92 Å². The maximum atomic E-state index is 5.97. The van der Waals surface area contributed by atoms with Crippen molar-refractivity contribution in [1.29, 1.82) is 0 Å². The molecule has 2 aromatic carbocycles. The number of anilines is 1. The van der Waals surface area contributed by atoms with Crippen LogP contribution in [0, 0.1) is 5.92 Å². The molecule has 0 radical (unpaired) electrons. The summed E-state index contributed by atoms with van der Waals surface area (Å²) in [6.07, 6.45) is 3.52. The molecule has 2 aromatic rings. The second-order valence-electron chi connectivity index (χ2n) is 6.72. The fourth-order valence-electron chi connectivity index (χ4n) is 2.51. The van der Waals surface area contributed by atoms with E-state index in [2.05, 4.69) is 44.3 Å². The molecule has 2 rings (SSSR count). The van der Waals surface area contributed by atoms with Gasteiger partial charge in [-0.1, -0.05) is 63.9 Å². The summed E-state index contributed by atoms with van der Waals surface area (Å²) in [6, 6.07) is 16.3. The van der Waals surface area contributed by atoms with Gasteiger partial charge in [-0.2, -0.15) is 0 Å². The number of unbranched alkanes of at least 4 members (excludes halogenated alkanes) is 2. The second-order valence-corrected chi connectivity index (χ2v) is 6.72. The Morgan fingerprint density at radius 1 is 0.880 bits per heavy atom. The van der Waals surface area contributed by atoms with Crippen LogP contribution in [0.3, 0.4) is 0 Å². The van der Waals surface area contributed by atoms with Crippen molar-refractivity contribution in [3.05, 3.63) is 54.1 Å². The van der Waals surface area contributed by atoms with Crippen LogP contribution in [0.4, 0.5) is 5.69 Å². The van der Waals surface area contributed by atoms with Gasteiger partial charge in [0.15, 0.2) is 0 Å². The predicted octanol–water partition coefficient (Wildman–Crippen LogP) is 5.90. The largest absolute Gasteiger partial charge is 0.493 e. The van der Waals surface area contributed by atoms with Crippen LogP contribution >= 0.6 is 0 Å². The molecule has 0 aromatic heterocycles. The summed E-state index contributed by atoms with van der Waals surface area (Å²) < 4.78 is 11.9. The Kier molecular flexibility index (Phi) is 8.17. The predicted molar refractivity (Wildman–Crippen MR) is 106 cm³/mol. The van der Waals surface area contributed by atoms with Gasteiger partial charge in [0.1, 0.15) is 11.5 Å². The first kappa shape index (κ1) is 19.2. The Bertz CT molecular complexity index is 625. The highest BCUT2D eigenvalue weighted by molar-refractivity contribution is 5.56. The molecule has 25 heavy (non-hydrogen) atoms. The third-order valence-electron chi connectivity index (χ3n) is 3.91. The summed E-state index contributed by atoms with van der Waals surface area (Å²) in [4.78, 5) is 0. The van der Waals surface area contributed by atoms with E-state index >= 15 is 0 Å². The third kappa shape index (κ3) is 6.69. The normalized spacial score (nSPS) is 10.7. The topological polar surface area (TPSA) is 30.5 Å². The highest BCUT2D eigenvalue weighted by Crippen LogP contribution is 2.26. The lowest BCUT2D eigenvalue weighted by molar-refractivity contribution is 0.272. The molecule has 0 spiro atoms. The molecule has 0 aliphatic carbocycles. The van der Waals surface area contributed by atoms with Crippen LogP contribution in [0.1, 0.15) is 45.6 Å². The van der Waals surface area contributed by atoms with Gasteiger partial charge in [0.2, 0.25) is 0 Å². The summed E-state index contributed by atoms with van der Waals surface area (Å²) in [5.74, 6) is 2.37. The van der Waals surface area contributed by atoms with Gasteiger partial charge in [-0.15, -0.1) is 0 Å². The van der Waals surface area contributed by atoms with E-state index in [1.54, 1.807) is 0 Å². The number of hydrogen-bond acceptors (Lipinski definition) is 3. The maximum Gasteiger partial charge on any atom is 0.142 e. The first-order valence-electron chi connectivity index (χ1n) is 9.37. The lowest BCUT2D eigenvalue weighted by Crippen LogP contribution is -2.08. The molecule has 3 heteroatoms. The van der Waals surface area contributed by atoms with Crippen molar-refractivity contribution < 1.29 is 9.47 Å². The number of nitrogens with one attached hydrogen (secondary N) is 1. The van der Waals surface area contributed by atoms with Crippen LogP contribution in [0.25, 0.3) is 0 Å². The van der Waals surface area contributed by atoms with Gasteiger partial charge in [0, 0.05) is 12.1 Å². The van der Waals surface area contributed by atoms with E-state index in [1.807, 2.05) is 30.3 Å². The highest BCUT2D eigenvalue weighted by Gasteiger charge is 2.07. The van der Waals surface area contributed by atoms with Crippen molar-refractivity contribution in [3.63, 3.8) is 0 Å². The van der Waals surface area contributed by atoms with Crippen molar-refractivity contribution >= 4 is 5.69 Å². The van der Waals surface area contributed by atoms with Gasteiger partial charge in [-0.25, -0.2) is 0 Å². The van der Waals surface area contributed by atoms with Gasteiger partial charge in [-0.05, 0) is 30.5 Å². The van der Waals surface area contributed by atoms with E-state index < -0.39 is 0 Å². The first-order valence-corrected chi connectivity index (χ1v) is 9.37.